The molecule has 0 heterocycles. The number of aryl methyl sites for hydroxylation is 1. The number of hydrogen-bond acceptors (Lipinski definition) is 2. The lowest BCUT2D eigenvalue weighted by Gasteiger charge is -2.14. The maximum absolute atomic E-state index is 13.8. The van der Waals surface area contributed by atoms with Crippen molar-refractivity contribution in [1.82, 2.24) is 0 Å². The van der Waals surface area contributed by atoms with Gasteiger partial charge in [-0.25, -0.2) is 17.2 Å². The number of sulfonamides is 1. The molecule has 3 nitrogen and oxygen atoms in total. The number of anilines is 1. The van der Waals surface area contributed by atoms with Crippen LogP contribution in [-0.4, -0.2) is 8.42 Å². The third-order valence-electron chi connectivity index (χ3n) is 3.84. The fourth-order valence-corrected chi connectivity index (χ4v) is 3.71. The van der Waals surface area contributed by atoms with Crippen LogP contribution in [0.15, 0.2) is 65.6 Å². The predicted octanol–water partition coefficient (Wildman–Crippen LogP) is 5.39. The molecule has 0 aromatic heterocycles. The van der Waals surface area contributed by atoms with Gasteiger partial charge in [0.15, 0.2) is 11.6 Å². The molecule has 0 aliphatic heterocycles. The summed E-state index contributed by atoms with van der Waals surface area (Å²) in [5.41, 5.74) is 1.38. The van der Waals surface area contributed by atoms with Crippen LogP contribution in [0, 0.1) is 18.6 Å². The molecule has 0 bridgehead atoms. The van der Waals surface area contributed by atoms with Gasteiger partial charge in [-0.3, -0.25) is 4.72 Å². The van der Waals surface area contributed by atoms with E-state index in [1.165, 1.54) is 12.1 Å². The molecule has 1 N–H and O–H groups in total. The van der Waals surface area contributed by atoms with E-state index in [2.05, 4.69) is 4.72 Å². The Morgan fingerprint density at radius 2 is 1.58 bits per heavy atom. The lowest BCUT2D eigenvalue weighted by molar-refractivity contribution is 0.509. The van der Waals surface area contributed by atoms with E-state index in [9.17, 15) is 17.2 Å². The van der Waals surface area contributed by atoms with Gasteiger partial charge in [-0.05, 0) is 42.3 Å². The molecule has 3 aromatic carbocycles. The Morgan fingerprint density at radius 3 is 2.23 bits per heavy atom. The van der Waals surface area contributed by atoms with Crippen LogP contribution in [0.3, 0.4) is 0 Å². The van der Waals surface area contributed by atoms with Crippen molar-refractivity contribution in [3.05, 3.63) is 82.9 Å². The van der Waals surface area contributed by atoms with Crippen LogP contribution in [-0.2, 0) is 10.0 Å². The molecule has 0 amide bonds. The standard InChI is InChI=1S/C19H14ClF2NO2S/c1-12-7-8-13(9-16(12)20)15-10-17(21)18(22)11-19(15)23-26(24,25)14-5-3-2-4-6-14/h2-11,23H,1H3. The number of nitrogens with one attached hydrogen (secondary N) is 1. The summed E-state index contributed by atoms with van der Waals surface area (Å²) in [6.07, 6.45) is 0. The largest absolute Gasteiger partial charge is 0.279 e. The van der Waals surface area contributed by atoms with Gasteiger partial charge in [0.1, 0.15) is 0 Å². The molecule has 0 unspecified atom stereocenters. The van der Waals surface area contributed by atoms with E-state index in [0.717, 1.165) is 17.7 Å². The molecule has 134 valence electrons. The van der Waals surface area contributed by atoms with Crippen LogP contribution < -0.4 is 4.72 Å². The highest BCUT2D eigenvalue weighted by atomic mass is 35.5. The lowest BCUT2D eigenvalue weighted by atomic mass is 10.0. The average Bonchev–Trinajstić information content (AvgIpc) is 2.61. The van der Waals surface area contributed by atoms with E-state index in [1.54, 1.807) is 43.3 Å². The van der Waals surface area contributed by atoms with E-state index in [0.29, 0.717) is 10.6 Å². The van der Waals surface area contributed by atoms with Crippen molar-refractivity contribution in [3.63, 3.8) is 0 Å². The zero-order valence-corrected chi connectivity index (χ0v) is 15.2. The number of hydrogen-bond donors (Lipinski definition) is 1. The van der Waals surface area contributed by atoms with Crippen LogP contribution in [0.2, 0.25) is 5.02 Å². The van der Waals surface area contributed by atoms with Crippen molar-refractivity contribution in [1.29, 1.82) is 0 Å². The van der Waals surface area contributed by atoms with E-state index >= 15 is 0 Å². The molecule has 0 atom stereocenters. The number of halogens is 3. The van der Waals surface area contributed by atoms with Gasteiger partial charge in [0.05, 0.1) is 10.6 Å². The van der Waals surface area contributed by atoms with Gasteiger partial charge < -0.3 is 0 Å². The molecule has 0 saturated carbocycles. The third kappa shape index (κ3) is 3.71. The average molecular weight is 394 g/mol. The smallest absolute Gasteiger partial charge is 0.261 e. The minimum absolute atomic E-state index is 0.0117. The van der Waals surface area contributed by atoms with Crippen molar-refractivity contribution in [2.75, 3.05) is 4.72 Å². The first-order chi connectivity index (χ1) is 12.3. The second-order valence-electron chi connectivity index (χ2n) is 5.69. The van der Waals surface area contributed by atoms with Gasteiger partial charge in [-0.15, -0.1) is 0 Å². The van der Waals surface area contributed by atoms with Gasteiger partial charge in [0, 0.05) is 16.7 Å². The maximum atomic E-state index is 13.8. The van der Waals surface area contributed by atoms with Crippen LogP contribution in [0.1, 0.15) is 5.56 Å². The van der Waals surface area contributed by atoms with Crippen LogP contribution in [0.4, 0.5) is 14.5 Å². The zero-order chi connectivity index (χ0) is 18.9. The van der Waals surface area contributed by atoms with Gasteiger partial charge in [0.2, 0.25) is 0 Å². The van der Waals surface area contributed by atoms with E-state index < -0.39 is 21.7 Å². The quantitative estimate of drug-likeness (QED) is 0.645. The monoisotopic (exact) mass is 393 g/mol. The van der Waals surface area contributed by atoms with Crippen LogP contribution >= 0.6 is 11.6 Å². The second-order valence-corrected chi connectivity index (χ2v) is 7.78. The molecule has 0 saturated heterocycles. The SMILES string of the molecule is Cc1ccc(-c2cc(F)c(F)cc2NS(=O)(=O)c2ccccc2)cc1Cl. The summed E-state index contributed by atoms with van der Waals surface area (Å²) in [5, 5.41) is 0.434. The Kier molecular flexibility index (Phi) is 4.98. The van der Waals surface area contributed by atoms with Crippen LogP contribution in [0.25, 0.3) is 11.1 Å². The van der Waals surface area contributed by atoms with Crippen molar-refractivity contribution in [3.8, 4) is 11.1 Å². The number of benzene rings is 3. The zero-order valence-electron chi connectivity index (χ0n) is 13.6. The molecule has 3 rings (SSSR count). The highest BCUT2D eigenvalue weighted by Crippen LogP contribution is 2.34. The Labute approximate surface area is 155 Å². The minimum atomic E-state index is -3.96. The summed E-state index contributed by atoms with van der Waals surface area (Å²) in [5.74, 6) is -2.24. The topological polar surface area (TPSA) is 46.2 Å². The first-order valence-corrected chi connectivity index (χ1v) is 9.47. The van der Waals surface area contributed by atoms with E-state index in [4.69, 9.17) is 11.6 Å². The summed E-state index contributed by atoms with van der Waals surface area (Å²) in [6, 6.07) is 14.3. The molecule has 3 aromatic rings. The first kappa shape index (κ1) is 18.4. The maximum Gasteiger partial charge on any atom is 0.261 e. The molecule has 0 fully saturated rings. The highest BCUT2D eigenvalue weighted by molar-refractivity contribution is 7.92. The van der Waals surface area contributed by atoms with Crippen LogP contribution in [0.5, 0.6) is 0 Å². The van der Waals surface area contributed by atoms with Crippen molar-refractivity contribution in [2.45, 2.75) is 11.8 Å². The third-order valence-corrected chi connectivity index (χ3v) is 5.63. The van der Waals surface area contributed by atoms with E-state index in [-0.39, 0.29) is 16.1 Å². The van der Waals surface area contributed by atoms with Gasteiger partial charge >= 0.3 is 0 Å². The van der Waals surface area contributed by atoms with Crippen molar-refractivity contribution < 1.29 is 17.2 Å². The lowest BCUT2D eigenvalue weighted by Crippen LogP contribution is -2.14. The molecule has 0 aliphatic rings. The summed E-state index contributed by atoms with van der Waals surface area (Å²) < 4.78 is 55.0. The van der Waals surface area contributed by atoms with Crippen molar-refractivity contribution in [2.24, 2.45) is 0 Å². The Hall–Kier alpha value is -2.44. The molecular weight excluding hydrogens is 380 g/mol. The van der Waals surface area contributed by atoms with Gasteiger partial charge in [-0.1, -0.05) is 41.9 Å². The Bertz CT molecular complexity index is 1070. The van der Waals surface area contributed by atoms with Gasteiger partial charge in [-0.2, -0.15) is 0 Å². The molecular formula is C19H14ClF2NO2S. The number of rotatable bonds is 4. The Morgan fingerprint density at radius 1 is 0.923 bits per heavy atom. The molecule has 0 aliphatic carbocycles. The first-order valence-electron chi connectivity index (χ1n) is 7.61. The van der Waals surface area contributed by atoms with E-state index in [1.807, 2.05) is 0 Å². The summed E-state index contributed by atoms with van der Waals surface area (Å²) >= 11 is 6.11. The summed E-state index contributed by atoms with van der Waals surface area (Å²) in [4.78, 5) is 0.0117. The van der Waals surface area contributed by atoms with Crippen molar-refractivity contribution >= 4 is 27.3 Å². The normalized spacial score (nSPS) is 11.4. The second kappa shape index (κ2) is 7.05. The summed E-state index contributed by atoms with van der Waals surface area (Å²) in [6.45, 7) is 1.80. The molecule has 7 heteroatoms. The Balaban J connectivity index is 2.12. The van der Waals surface area contributed by atoms with Gasteiger partial charge in [0.25, 0.3) is 10.0 Å². The fraction of sp³-hybridized carbons (Fsp3) is 0.0526. The molecule has 26 heavy (non-hydrogen) atoms. The fourth-order valence-electron chi connectivity index (χ4n) is 2.43. The highest BCUT2D eigenvalue weighted by Gasteiger charge is 2.19. The predicted molar refractivity (Wildman–Crippen MR) is 98.8 cm³/mol. The molecule has 0 radical (unpaired) electrons. The summed E-state index contributed by atoms with van der Waals surface area (Å²) in [7, 11) is -3.96. The molecule has 0 spiro atoms. The minimum Gasteiger partial charge on any atom is -0.279 e.